The molecule has 0 spiro atoms. The molecule has 0 amide bonds. The molecule has 132 valence electrons. The molecule has 3 aliphatic rings. The van der Waals surface area contributed by atoms with Crippen molar-refractivity contribution in [2.75, 3.05) is 20.3 Å². The maximum Gasteiger partial charge on any atom is 0.311 e. The lowest BCUT2D eigenvalue weighted by atomic mass is 9.80. The fourth-order valence-corrected chi connectivity index (χ4v) is 4.49. The van der Waals surface area contributed by atoms with Gasteiger partial charge < -0.3 is 9.64 Å². The van der Waals surface area contributed by atoms with Gasteiger partial charge in [0.15, 0.2) is 0 Å². The van der Waals surface area contributed by atoms with Crippen LogP contribution >= 0.6 is 11.6 Å². The zero-order valence-corrected chi connectivity index (χ0v) is 15.0. The highest BCUT2D eigenvalue weighted by Gasteiger charge is 2.46. The van der Waals surface area contributed by atoms with Gasteiger partial charge in [0.25, 0.3) is 0 Å². The zero-order valence-electron chi connectivity index (χ0n) is 14.3. The van der Waals surface area contributed by atoms with Gasteiger partial charge in [-0.3, -0.25) is 4.79 Å². The van der Waals surface area contributed by atoms with Crippen LogP contribution in [0.1, 0.15) is 37.7 Å². The summed E-state index contributed by atoms with van der Waals surface area (Å²) in [5.41, 5.74) is 1.13. The first-order chi connectivity index (χ1) is 11.5. The first kappa shape index (κ1) is 17.7. The third kappa shape index (κ3) is 3.60. The Kier molecular flexibility index (Phi) is 5.46. The third-order valence-electron chi connectivity index (χ3n) is 5.52. The lowest BCUT2D eigenvalue weighted by Crippen LogP contribution is -2.46. The van der Waals surface area contributed by atoms with Crippen molar-refractivity contribution in [3.8, 4) is 0 Å². The number of halogens is 2. The molecule has 1 aromatic carbocycles. The third-order valence-corrected chi connectivity index (χ3v) is 5.78. The monoisotopic (exact) mass is 352 g/mol. The van der Waals surface area contributed by atoms with E-state index < -0.39 is 12.8 Å². The Bertz CT molecular complexity index is 579. The van der Waals surface area contributed by atoms with E-state index in [9.17, 15) is 9.18 Å². The van der Waals surface area contributed by atoms with Crippen molar-refractivity contribution in [3.63, 3.8) is 0 Å². The largest absolute Gasteiger partial charge is 0.460 e. The lowest BCUT2D eigenvalue weighted by Gasteiger charge is -2.37. The van der Waals surface area contributed by atoms with Crippen LogP contribution in [0, 0.1) is 11.8 Å². The molecule has 1 aromatic rings. The summed E-state index contributed by atoms with van der Waals surface area (Å²) in [6.45, 7) is 1.97. The molecule has 0 N–H and O–H groups in total. The van der Waals surface area contributed by atoms with E-state index in [2.05, 4.69) is 11.9 Å². The number of alkyl halides is 1. The van der Waals surface area contributed by atoms with Crippen molar-refractivity contribution in [1.29, 1.82) is 0 Å². The summed E-state index contributed by atoms with van der Waals surface area (Å²) in [7, 11) is 2.08. The van der Waals surface area contributed by atoms with E-state index in [4.69, 9.17) is 16.3 Å². The lowest BCUT2D eigenvalue weighted by molar-refractivity contribution is -0.157. The molecule has 2 aliphatic heterocycles. The normalized spacial score (nSPS) is 31.5. The number of carbonyl (C=O) groups is 1. The summed E-state index contributed by atoms with van der Waals surface area (Å²) in [6, 6.07) is 7.93. The van der Waals surface area contributed by atoms with Crippen LogP contribution in [-0.4, -0.2) is 43.3 Å². The molecule has 24 heavy (non-hydrogen) atoms. The van der Waals surface area contributed by atoms with Crippen molar-refractivity contribution >= 4 is 17.6 Å². The molecule has 2 bridgehead atoms. The van der Waals surface area contributed by atoms with Crippen LogP contribution in [0.25, 0.3) is 0 Å². The Balaban J connectivity index is 1.93. The van der Waals surface area contributed by atoms with Crippen LogP contribution in [0.5, 0.6) is 0 Å². The molecule has 3 nitrogen and oxygen atoms in total. The first-order valence-corrected chi connectivity index (χ1v) is 9.09. The number of rotatable bonds is 4. The molecule has 3 fully saturated rings. The second kappa shape index (κ2) is 7.40. The number of hydrogen-bond acceptors (Lipinski definition) is 3. The predicted octanol–water partition coefficient (Wildman–Crippen LogP) is 4.06. The zero-order chi connectivity index (χ0) is 17.3. The number of esters is 1. The van der Waals surface area contributed by atoms with Gasteiger partial charge >= 0.3 is 5.97 Å². The molecule has 5 atom stereocenters. The molecule has 5 heteroatoms. The minimum Gasteiger partial charge on any atom is -0.460 e. The predicted molar refractivity (Wildman–Crippen MR) is 93.0 cm³/mol. The minimum atomic E-state index is -0.686. The summed E-state index contributed by atoms with van der Waals surface area (Å²) in [5.74, 6) is 0.171. The summed E-state index contributed by atoms with van der Waals surface area (Å²) < 4.78 is 18.2. The smallest absolute Gasteiger partial charge is 0.311 e. The Hall–Kier alpha value is -1.13. The van der Waals surface area contributed by atoms with Crippen molar-refractivity contribution in [2.24, 2.45) is 11.8 Å². The molecule has 1 saturated carbocycles. The molecule has 4 rings (SSSR count). The van der Waals surface area contributed by atoms with Crippen molar-refractivity contribution in [2.45, 2.75) is 44.2 Å². The molecular weight excluding hydrogens is 328 g/mol. The molecular formula is C19H25ClFNO2. The number of carbonyl (C=O) groups excluding carboxylic acids is 1. The number of nitrogens with zero attached hydrogens (tertiary/aromatic N) is 1. The van der Waals surface area contributed by atoms with Gasteiger partial charge in [0.2, 0.25) is 0 Å². The Morgan fingerprint density at radius 2 is 2.08 bits per heavy atom. The second-order valence-electron chi connectivity index (χ2n) is 7.27. The van der Waals surface area contributed by atoms with E-state index in [0.717, 1.165) is 31.4 Å². The van der Waals surface area contributed by atoms with Crippen LogP contribution < -0.4 is 0 Å². The number of ether oxygens (including phenoxy) is 1. The summed E-state index contributed by atoms with van der Waals surface area (Å²) in [6.07, 6.45) is 2.41. The fraction of sp³-hybridized carbons (Fsp3) is 0.632. The van der Waals surface area contributed by atoms with Gasteiger partial charge in [-0.1, -0.05) is 23.7 Å². The van der Waals surface area contributed by atoms with Gasteiger partial charge in [0.1, 0.15) is 12.8 Å². The number of fused-ring (bicyclic) bond motifs is 4. The maximum atomic E-state index is 12.9. The van der Waals surface area contributed by atoms with Crippen molar-refractivity contribution in [3.05, 3.63) is 34.9 Å². The van der Waals surface area contributed by atoms with Crippen LogP contribution in [0.3, 0.4) is 0 Å². The van der Waals surface area contributed by atoms with Crippen molar-refractivity contribution < 1.29 is 13.9 Å². The minimum absolute atomic E-state index is 0.101. The van der Waals surface area contributed by atoms with Gasteiger partial charge in [0, 0.05) is 17.6 Å². The molecule has 1 aliphatic carbocycles. The quantitative estimate of drug-likeness (QED) is 0.765. The van der Waals surface area contributed by atoms with E-state index in [1.54, 1.807) is 6.92 Å². The van der Waals surface area contributed by atoms with Crippen LogP contribution in [-0.2, 0) is 9.53 Å². The summed E-state index contributed by atoms with van der Waals surface area (Å²) in [5, 5.41) is 0.692. The number of piperidine rings is 1. The second-order valence-corrected chi connectivity index (χ2v) is 7.71. The van der Waals surface area contributed by atoms with E-state index in [1.165, 1.54) is 0 Å². The average Bonchev–Trinajstić information content (AvgIpc) is 2.83. The van der Waals surface area contributed by atoms with E-state index in [-0.39, 0.29) is 23.8 Å². The highest BCUT2D eigenvalue weighted by atomic mass is 35.5. The van der Waals surface area contributed by atoms with E-state index in [0.29, 0.717) is 10.9 Å². The maximum absolute atomic E-state index is 12.9. The Morgan fingerprint density at radius 1 is 1.38 bits per heavy atom. The van der Waals surface area contributed by atoms with E-state index in [1.807, 2.05) is 24.3 Å². The highest BCUT2D eigenvalue weighted by Crippen LogP contribution is 2.45. The standard InChI is InChI=1S/C19H25ClFNO2/c1-12(10-21)24-19(23)18-16(14-4-6-15(20)7-5-14)9-13-3-8-17(18)22(2)11-13/h4-7,12-13,16-18H,3,8-11H2,1-2H3/t12-,13?,16+,17?,18-/m0/s1/i21-1. The molecule has 2 unspecified atom stereocenters. The van der Waals surface area contributed by atoms with E-state index >= 15 is 0 Å². The van der Waals surface area contributed by atoms with Gasteiger partial charge in [-0.15, -0.1) is 0 Å². The van der Waals surface area contributed by atoms with Gasteiger partial charge in [0.05, 0.1) is 5.92 Å². The molecule has 0 aromatic heterocycles. The molecule has 2 heterocycles. The number of benzene rings is 1. The highest BCUT2D eigenvalue weighted by molar-refractivity contribution is 6.30. The molecule has 2 saturated heterocycles. The topological polar surface area (TPSA) is 29.5 Å². The van der Waals surface area contributed by atoms with Crippen molar-refractivity contribution in [1.82, 2.24) is 4.90 Å². The Morgan fingerprint density at radius 3 is 2.71 bits per heavy atom. The summed E-state index contributed by atoms with van der Waals surface area (Å²) in [4.78, 5) is 15.2. The SMILES string of the molecule is C[C@@H](C[18F])OC(=O)[C@@H]1C2CCC(C[C@@H]1c1ccc(Cl)cc1)CN2C. The average molecular weight is 353 g/mol. The van der Waals surface area contributed by atoms with Gasteiger partial charge in [-0.25, -0.2) is 4.39 Å². The molecule has 0 radical (unpaired) electrons. The Labute approximate surface area is 148 Å². The fourth-order valence-electron chi connectivity index (χ4n) is 4.36. The first-order valence-electron chi connectivity index (χ1n) is 8.71. The van der Waals surface area contributed by atoms with Gasteiger partial charge in [-0.2, -0.15) is 0 Å². The summed E-state index contributed by atoms with van der Waals surface area (Å²) >= 11 is 6.02. The van der Waals surface area contributed by atoms with Gasteiger partial charge in [-0.05, 0) is 62.8 Å². The van der Waals surface area contributed by atoms with Crippen LogP contribution in [0.2, 0.25) is 5.02 Å². The van der Waals surface area contributed by atoms with Crippen LogP contribution in [0.4, 0.5) is 4.39 Å². The number of hydrogen-bond donors (Lipinski definition) is 0. The van der Waals surface area contributed by atoms with Crippen LogP contribution in [0.15, 0.2) is 24.3 Å².